The van der Waals surface area contributed by atoms with Crippen molar-refractivity contribution in [2.75, 3.05) is 5.88 Å². The summed E-state index contributed by atoms with van der Waals surface area (Å²) in [7, 11) is 0. The number of aliphatic carboxylic acids is 1. The Kier molecular flexibility index (Phi) is 217. The van der Waals surface area contributed by atoms with Crippen LogP contribution >= 0.6 is 11.6 Å². The van der Waals surface area contributed by atoms with E-state index in [9.17, 15) is 0 Å². The van der Waals surface area contributed by atoms with Crippen molar-refractivity contribution in [3.8, 4) is 0 Å². The molecule has 0 bridgehead atoms. The van der Waals surface area contributed by atoms with Crippen molar-refractivity contribution >= 4 is 17.6 Å². The molecular weight excluding hydrogens is 282 g/mol. The van der Waals surface area contributed by atoms with E-state index in [1.165, 1.54) is 0 Å². The molecule has 13 heteroatoms. The number of nitrogens with two attached hydrogens (primary N) is 5. The molecule has 0 spiro atoms. The van der Waals surface area contributed by atoms with Crippen LogP contribution in [-0.2, 0) is 21.6 Å². The quantitative estimate of drug-likeness (QED) is 0.541. The summed E-state index contributed by atoms with van der Waals surface area (Å²) in [6.45, 7) is 0. The Hall–Kier alpha value is -0.734. The molecule has 12 N–H and O–H groups in total. The molecule has 0 saturated heterocycles. The molecule has 0 rings (SSSR count). The molecule has 0 aromatic carbocycles. The van der Waals surface area contributed by atoms with Crippen molar-refractivity contribution in [3.63, 3.8) is 0 Å². The largest absolute Gasteiger partial charge is 3.00 e. The predicted molar refractivity (Wildman–Crippen MR) is 49.3 cm³/mol. The number of carbonyl (C=O) groups excluding carboxylic acids is 1. The van der Waals surface area contributed by atoms with Crippen molar-refractivity contribution < 1.29 is 42.2 Å². The van der Waals surface area contributed by atoms with E-state index >= 15 is 0 Å². The average molecular weight is 297 g/mol. The van der Waals surface area contributed by atoms with Gasteiger partial charge in [0.1, 0.15) is 4.91 Å². The summed E-state index contributed by atoms with van der Waals surface area (Å²) in [5.41, 5.74) is 0. The van der Waals surface area contributed by atoms with Gasteiger partial charge in [-0.15, -0.1) is 11.6 Å². The van der Waals surface area contributed by atoms with Crippen LogP contribution in [0.5, 0.6) is 0 Å². The number of hydrogen-bond donors (Lipinski definition) is 2. The minimum absolute atomic E-state index is 0. The van der Waals surface area contributed by atoms with Crippen molar-refractivity contribution in [3.05, 3.63) is 35.7 Å². The van der Waals surface area contributed by atoms with Gasteiger partial charge in [0, 0.05) is 0 Å². The molecule has 0 aliphatic carbocycles. The molecule has 0 aliphatic rings. The summed E-state index contributed by atoms with van der Waals surface area (Å²) in [6.07, 6.45) is 0. The number of nitrogens with zero attached hydrogens (tertiary/aromatic N) is 1. The predicted octanol–water partition coefficient (Wildman–Crippen LogP) is 2.10. The number of halogens is 1. The van der Waals surface area contributed by atoms with Gasteiger partial charge in [0.15, 0.2) is 0 Å². The summed E-state index contributed by atoms with van der Waals surface area (Å²) >= 11 is 4.67. The maximum atomic E-state index is 9.12. The van der Waals surface area contributed by atoms with E-state index in [1.807, 2.05) is 0 Å². The fraction of sp³-hybridized carbons (Fsp3) is 0.500. The molecule has 11 nitrogen and oxygen atoms in total. The van der Waals surface area contributed by atoms with Gasteiger partial charge >= 0.3 is 21.9 Å². The molecule has 15 heavy (non-hydrogen) atoms. The van der Waals surface area contributed by atoms with Gasteiger partial charge in [0.05, 0.1) is 11.8 Å². The van der Waals surface area contributed by atoms with Crippen LogP contribution < -0.4 is 5.11 Å². The molecule has 0 heterocycles. The normalized spacial score (nSPS) is 4.07. The van der Waals surface area contributed by atoms with E-state index < -0.39 is 16.9 Å². The van der Waals surface area contributed by atoms with Crippen LogP contribution in [0.1, 0.15) is 0 Å². The molecule has 0 radical (unpaired) electrons. The van der Waals surface area contributed by atoms with Crippen molar-refractivity contribution in [2.45, 2.75) is 0 Å². The number of alkyl halides is 1. The fourth-order valence-electron chi connectivity index (χ4n) is 0. The Morgan fingerprint density at radius 2 is 1.20 bits per heavy atom. The van der Waals surface area contributed by atoms with Crippen molar-refractivity contribution in [1.29, 1.82) is 0 Å². The first-order valence-electron chi connectivity index (χ1n) is 1.61. The van der Waals surface area contributed by atoms with Crippen LogP contribution in [0.4, 0.5) is 0 Å². The van der Waals surface area contributed by atoms with Crippen LogP contribution in [-0.4, -0.2) is 27.4 Å². The smallest absolute Gasteiger partial charge is 0.693 e. The third-order valence-electron chi connectivity index (χ3n) is 0.109. The van der Waals surface area contributed by atoms with Gasteiger partial charge in [-0.05, 0) is 0 Å². The zero-order valence-electron chi connectivity index (χ0n) is 7.37. The van der Waals surface area contributed by atoms with Gasteiger partial charge in [-0.25, -0.2) is 10.4 Å². The number of hydrogen-bond acceptors (Lipinski definition) is 3. The van der Waals surface area contributed by atoms with Crippen molar-refractivity contribution in [2.24, 2.45) is 0 Å². The van der Waals surface area contributed by atoms with E-state index in [0.717, 1.165) is 0 Å². The second-order valence-corrected chi connectivity index (χ2v) is 1.03. The summed E-state index contributed by atoms with van der Waals surface area (Å²) in [4.78, 5) is 17.6. The maximum absolute atomic E-state index is 9.12. The molecule has 0 aromatic rings. The second kappa shape index (κ2) is 50.8. The van der Waals surface area contributed by atoms with Gasteiger partial charge in [-0.2, -0.15) is 0 Å². The molecule has 100 valence electrons. The Labute approximate surface area is 102 Å². The molecule has 0 amide bonds. The average Bonchev–Trinajstić information content (AvgIpc) is 1.65. The number of rotatable bonds is 1. The third-order valence-corrected chi connectivity index (χ3v) is 0.327. The van der Waals surface area contributed by atoms with Gasteiger partial charge in [0.25, 0.3) is 0 Å². The Morgan fingerprint density at radius 1 is 1.13 bits per heavy atom. The van der Waals surface area contributed by atoms with E-state index in [4.69, 9.17) is 25.2 Å². The first-order valence-corrected chi connectivity index (χ1v) is 2.15. The summed E-state index contributed by atoms with van der Waals surface area (Å²) in [6, 6.07) is 0. The van der Waals surface area contributed by atoms with E-state index in [1.54, 1.807) is 0 Å². The van der Waals surface area contributed by atoms with Gasteiger partial charge < -0.3 is 40.7 Å². The number of carbonyl (C=O) groups is 1. The van der Waals surface area contributed by atoms with Gasteiger partial charge in [-0.1, -0.05) is 0 Å². The van der Waals surface area contributed by atoms with E-state index in [-0.39, 0.29) is 47.5 Å². The van der Waals surface area contributed by atoms with Crippen LogP contribution in [0.15, 0.2) is 0 Å². The van der Waals surface area contributed by atoms with E-state index in [0.29, 0.717) is 0 Å². The minimum atomic E-state index is -1.25. The Bertz CT molecular complexity index is 114. The minimum Gasteiger partial charge on any atom is -0.693 e. The standard InChI is InChI=1S/C2H3ClO2.Co.H2NO3.5H2N/c3-1-2(4)5;;2-1(3)4;;;;;/h1H2,(H,4,5);;(H2,2,3,4);5*1H2/q;+3;+1;5*-1/p-1. The van der Waals surface area contributed by atoms with Crippen LogP contribution in [0, 0.1) is 4.91 Å². The Morgan fingerprint density at radius 3 is 1.20 bits per heavy atom. The maximum Gasteiger partial charge on any atom is 3.00 e. The molecule has 0 fully saturated rings. The number of carboxylic acid groups (broad SMARTS) is 1. The Balaban J connectivity index is -0.00000000785. The molecule has 0 aliphatic heterocycles. The van der Waals surface area contributed by atoms with Crippen LogP contribution in [0.2, 0.25) is 0 Å². The fourth-order valence-corrected chi connectivity index (χ4v) is 0. The SMILES string of the molecule is O=C([O-])CCl.O=[N+](O)O.[Co+3].[NH2-].[NH2-].[NH2-].[NH2-].[NH2-]. The molecule has 0 unspecified atom stereocenters. The molecule has 0 aromatic heterocycles. The first-order chi connectivity index (χ1) is 4.00. The van der Waals surface area contributed by atoms with Gasteiger partial charge in [0.2, 0.25) is 0 Å². The second-order valence-electron chi connectivity index (χ2n) is 0.758. The van der Waals surface area contributed by atoms with Crippen LogP contribution in [0.3, 0.4) is 0 Å². The molecular formula is C2H14ClCoN6O5-2. The molecule has 0 atom stereocenters. The summed E-state index contributed by atoms with van der Waals surface area (Å²) in [5.74, 6) is -1.65. The summed E-state index contributed by atoms with van der Waals surface area (Å²) < 4.78 is 0. The number of carboxylic acids is 1. The van der Waals surface area contributed by atoms with Crippen molar-refractivity contribution in [1.82, 2.24) is 0 Å². The monoisotopic (exact) mass is 296 g/mol. The zero-order chi connectivity index (χ0) is 7.86. The summed E-state index contributed by atoms with van der Waals surface area (Å²) in [5, 5.41) is 21.7. The molecule has 0 saturated carbocycles. The van der Waals surface area contributed by atoms with Gasteiger partial charge in [-0.3, -0.25) is 0 Å². The zero-order valence-corrected chi connectivity index (χ0v) is 9.17. The topological polar surface area (TPSA) is 268 Å². The first kappa shape index (κ1) is 63.9. The van der Waals surface area contributed by atoms with Crippen LogP contribution in [0.25, 0.3) is 30.8 Å². The van der Waals surface area contributed by atoms with E-state index in [2.05, 4.69) is 11.6 Å². The third kappa shape index (κ3) is 1050.